The van der Waals surface area contributed by atoms with Gasteiger partial charge in [-0.3, -0.25) is 9.59 Å². The van der Waals surface area contributed by atoms with Gasteiger partial charge < -0.3 is 44.5 Å². The van der Waals surface area contributed by atoms with Crippen LogP contribution >= 0.6 is 0 Å². The van der Waals surface area contributed by atoms with Gasteiger partial charge in [0.25, 0.3) is 0 Å². The molecule has 10 atom stereocenters. The van der Waals surface area contributed by atoms with Crippen molar-refractivity contribution < 1.29 is 68.5 Å². The summed E-state index contributed by atoms with van der Waals surface area (Å²) in [7, 11) is 0. The minimum atomic E-state index is -3.87. The molecule has 1 aromatic carbocycles. The molecule has 1 aromatic rings. The lowest BCUT2D eigenvalue weighted by Crippen LogP contribution is -2.78. The summed E-state index contributed by atoms with van der Waals surface area (Å²) in [5, 5.41) is 53.6. The van der Waals surface area contributed by atoms with Gasteiger partial charge in [-0.1, -0.05) is 71.0 Å². The average molecular weight is 693 g/mol. The van der Waals surface area contributed by atoms with Crippen LogP contribution in [0.5, 0.6) is 0 Å². The number of hydrogen-bond donors (Lipinski definition) is 5. The Kier molecular flexibility index (Phi) is 12.8. The molecule has 272 valence electrons. The van der Waals surface area contributed by atoms with Crippen molar-refractivity contribution in [3.8, 4) is 0 Å². The maximum atomic E-state index is 13.1. The molecule has 0 saturated carbocycles. The van der Waals surface area contributed by atoms with Crippen LogP contribution in [0.25, 0.3) is 0 Å². The van der Waals surface area contributed by atoms with E-state index < -0.39 is 77.7 Å². The van der Waals surface area contributed by atoms with Crippen LogP contribution in [0, 0.1) is 17.8 Å². The van der Waals surface area contributed by atoms with Crippen LogP contribution in [0.15, 0.2) is 42.5 Å². The number of rotatable bonds is 18. The van der Waals surface area contributed by atoms with Gasteiger partial charge in [0.15, 0.2) is 6.10 Å². The lowest BCUT2D eigenvalue weighted by molar-refractivity contribution is -0.374. The topological polar surface area (TPSA) is 223 Å². The number of esters is 2. The standard InChI is InChI=1S/C35H48O14/c1-7-19(2)17-20(3)13-14-25(37)47-28-27(38)33(48-29(30(39)40)34(45,31(41)42)35(28,49-33)32(43)44)16-15-21(4)26(46-23(6)36)22(5)18-24-11-9-8-10-12-24/h8-12,19-20,22,26-29,38,45H,4,7,13-18H2,1-3,5-6H3,(H,39,40)(H,41,42)(H,43,44)/t19?,20?,22-,26-,27-,28-,29-,33-,34-,35-/m1/s1. The molecule has 2 saturated heterocycles. The molecule has 2 bridgehead atoms. The Morgan fingerprint density at radius 1 is 0.980 bits per heavy atom. The third-order valence-corrected chi connectivity index (χ3v) is 9.61. The molecular formula is C35H48O14. The average Bonchev–Trinajstić information content (AvgIpc) is 3.25. The van der Waals surface area contributed by atoms with E-state index in [2.05, 4.69) is 13.5 Å². The Morgan fingerprint density at radius 3 is 2.14 bits per heavy atom. The lowest BCUT2D eigenvalue weighted by atomic mass is 9.74. The molecule has 3 rings (SSSR count). The maximum Gasteiger partial charge on any atom is 0.344 e. The van der Waals surface area contributed by atoms with Crippen LogP contribution in [0.2, 0.25) is 0 Å². The van der Waals surface area contributed by atoms with Gasteiger partial charge in [-0.25, -0.2) is 14.4 Å². The van der Waals surface area contributed by atoms with E-state index in [9.17, 15) is 49.5 Å². The highest BCUT2D eigenvalue weighted by Gasteiger charge is 2.85. The molecule has 14 nitrogen and oxygen atoms in total. The minimum Gasteiger partial charge on any atom is -0.479 e. The van der Waals surface area contributed by atoms with Crippen molar-refractivity contribution >= 4 is 29.8 Å². The summed E-state index contributed by atoms with van der Waals surface area (Å²) in [4.78, 5) is 63.1. The molecule has 0 aromatic heterocycles. The normalized spacial score (nSPS) is 30.0. The first-order valence-electron chi connectivity index (χ1n) is 16.4. The molecule has 0 radical (unpaired) electrons. The Morgan fingerprint density at radius 2 is 1.61 bits per heavy atom. The molecule has 2 aliphatic rings. The molecule has 5 N–H and O–H groups in total. The Bertz CT molecular complexity index is 1400. The number of fused-ring (bicyclic) bond motifs is 2. The highest BCUT2D eigenvalue weighted by molar-refractivity contribution is 5.98. The molecule has 2 aliphatic heterocycles. The Balaban J connectivity index is 1.98. The van der Waals surface area contributed by atoms with E-state index in [4.69, 9.17) is 18.9 Å². The van der Waals surface area contributed by atoms with Gasteiger partial charge in [-0.05, 0) is 48.7 Å². The highest BCUT2D eigenvalue weighted by atomic mass is 16.8. The van der Waals surface area contributed by atoms with E-state index in [1.807, 2.05) is 51.1 Å². The monoisotopic (exact) mass is 692 g/mol. The Labute approximate surface area is 285 Å². The summed E-state index contributed by atoms with van der Waals surface area (Å²) in [5.41, 5.74) is -6.20. The zero-order valence-electron chi connectivity index (χ0n) is 28.5. The predicted octanol–water partition coefficient (Wildman–Crippen LogP) is 3.11. The summed E-state index contributed by atoms with van der Waals surface area (Å²) < 4.78 is 22.2. The van der Waals surface area contributed by atoms with Crippen molar-refractivity contribution in [2.45, 2.75) is 121 Å². The number of ether oxygens (including phenoxy) is 4. The van der Waals surface area contributed by atoms with Gasteiger partial charge in [0.1, 0.15) is 12.2 Å². The third-order valence-electron chi connectivity index (χ3n) is 9.61. The van der Waals surface area contributed by atoms with Crippen molar-refractivity contribution in [1.82, 2.24) is 0 Å². The number of carboxylic acid groups (broad SMARTS) is 3. The molecule has 2 unspecified atom stereocenters. The van der Waals surface area contributed by atoms with Gasteiger partial charge in [-0.2, -0.15) is 0 Å². The number of hydrogen-bond acceptors (Lipinski definition) is 11. The van der Waals surface area contributed by atoms with E-state index in [1.165, 1.54) is 6.92 Å². The fraction of sp³-hybridized carbons (Fsp3) is 0.629. The van der Waals surface area contributed by atoms with E-state index in [1.54, 1.807) is 0 Å². The van der Waals surface area contributed by atoms with Gasteiger partial charge in [0, 0.05) is 25.7 Å². The molecule has 2 heterocycles. The van der Waals surface area contributed by atoms with E-state index >= 15 is 0 Å². The number of aliphatic hydroxyl groups excluding tert-OH is 1. The molecule has 49 heavy (non-hydrogen) atoms. The smallest absolute Gasteiger partial charge is 0.344 e. The van der Waals surface area contributed by atoms with Crippen LogP contribution in [0.1, 0.15) is 78.7 Å². The second-order valence-corrected chi connectivity index (χ2v) is 13.5. The zero-order valence-corrected chi connectivity index (χ0v) is 28.5. The lowest BCUT2D eigenvalue weighted by Gasteiger charge is -2.48. The van der Waals surface area contributed by atoms with Gasteiger partial charge in [-0.15, -0.1) is 0 Å². The minimum absolute atomic E-state index is 0.0578. The van der Waals surface area contributed by atoms with E-state index in [0.717, 1.165) is 18.4 Å². The summed E-state index contributed by atoms with van der Waals surface area (Å²) in [6.45, 7) is 13.0. The number of carbonyl (C=O) groups excluding carboxylic acids is 2. The van der Waals surface area contributed by atoms with Gasteiger partial charge in [0.05, 0.1) is 0 Å². The van der Waals surface area contributed by atoms with Crippen molar-refractivity contribution in [3.63, 3.8) is 0 Å². The van der Waals surface area contributed by atoms with E-state index in [-0.39, 0.29) is 30.3 Å². The highest BCUT2D eigenvalue weighted by Crippen LogP contribution is 2.56. The molecule has 2 fully saturated rings. The number of benzene rings is 1. The van der Waals surface area contributed by atoms with Gasteiger partial charge >= 0.3 is 29.8 Å². The summed E-state index contributed by atoms with van der Waals surface area (Å²) in [6, 6.07) is 9.31. The van der Waals surface area contributed by atoms with Crippen molar-refractivity contribution in [1.29, 1.82) is 0 Å². The molecule has 0 aliphatic carbocycles. The quantitative estimate of drug-likeness (QED) is 0.110. The number of aliphatic carboxylic acids is 3. The maximum absolute atomic E-state index is 13.1. The molecule has 14 heteroatoms. The summed E-state index contributed by atoms with van der Waals surface area (Å²) in [5.74, 6) is -10.8. The van der Waals surface area contributed by atoms with E-state index in [0.29, 0.717) is 18.8 Å². The van der Waals surface area contributed by atoms with Crippen molar-refractivity contribution in [2.24, 2.45) is 17.8 Å². The van der Waals surface area contributed by atoms with Crippen LogP contribution in [-0.2, 0) is 49.3 Å². The second-order valence-electron chi connectivity index (χ2n) is 13.5. The fourth-order valence-electron chi connectivity index (χ4n) is 6.83. The summed E-state index contributed by atoms with van der Waals surface area (Å²) >= 11 is 0. The molecule has 0 spiro atoms. The summed E-state index contributed by atoms with van der Waals surface area (Å²) in [6.07, 6.45) is -6.96. The van der Waals surface area contributed by atoms with Crippen molar-refractivity contribution in [2.75, 3.05) is 0 Å². The largest absolute Gasteiger partial charge is 0.479 e. The predicted molar refractivity (Wildman–Crippen MR) is 171 cm³/mol. The van der Waals surface area contributed by atoms with Crippen LogP contribution < -0.4 is 0 Å². The Hall–Kier alpha value is -3.85. The van der Waals surface area contributed by atoms with Crippen LogP contribution in [-0.4, -0.2) is 96.8 Å². The first kappa shape index (κ1) is 39.6. The van der Waals surface area contributed by atoms with Crippen LogP contribution in [0.3, 0.4) is 0 Å². The first-order valence-corrected chi connectivity index (χ1v) is 16.4. The van der Waals surface area contributed by atoms with Crippen molar-refractivity contribution in [3.05, 3.63) is 48.0 Å². The number of carbonyl (C=O) groups is 5. The SMILES string of the molecule is C=C(CC[C@@]12O[C@H](C(=O)O)[C@@](O)(C(=O)O)[C@@](C(=O)O)(O1)[C@H](OC(=O)CCC(C)CC(C)CC)[C@H]2O)[C@@H](OC(C)=O)[C@H](C)Cc1ccccc1. The second kappa shape index (κ2) is 15.8. The third kappa shape index (κ3) is 7.98. The zero-order chi connectivity index (χ0) is 36.9. The fourth-order valence-corrected chi connectivity index (χ4v) is 6.83. The van der Waals surface area contributed by atoms with Crippen LogP contribution in [0.4, 0.5) is 0 Å². The van der Waals surface area contributed by atoms with Gasteiger partial charge in [0.2, 0.25) is 23.1 Å². The molecule has 0 amide bonds. The number of carboxylic acids is 3. The molecular weight excluding hydrogens is 644 g/mol. The number of aliphatic hydroxyl groups is 2. The first-order chi connectivity index (χ1) is 22.9.